The summed E-state index contributed by atoms with van der Waals surface area (Å²) >= 11 is 0. The van der Waals surface area contributed by atoms with Crippen LogP contribution in [0.5, 0.6) is 5.75 Å². The lowest BCUT2D eigenvalue weighted by Gasteiger charge is -2.26. The van der Waals surface area contributed by atoms with Gasteiger partial charge in [-0.3, -0.25) is 4.79 Å². The zero-order chi connectivity index (χ0) is 17.4. The molecule has 1 aliphatic rings. The van der Waals surface area contributed by atoms with Gasteiger partial charge in [0.05, 0.1) is 12.1 Å². The van der Waals surface area contributed by atoms with Crippen LogP contribution in [0, 0.1) is 5.82 Å². The summed E-state index contributed by atoms with van der Waals surface area (Å²) < 4.78 is 21.3. The zero-order valence-corrected chi connectivity index (χ0v) is 14.0. The van der Waals surface area contributed by atoms with Crippen LogP contribution in [-0.4, -0.2) is 16.6 Å². The number of carbonyl (C=O) groups excluding carboxylic acids is 1. The molecular weight excluding hydrogens is 319 g/mol. The minimum absolute atomic E-state index is 0.0558. The van der Waals surface area contributed by atoms with E-state index in [1.54, 1.807) is 12.1 Å². The Balaban J connectivity index is 1.63. The second-order valence-electron chi connectivity index (χ2n) is 6.29. The first-order valence-electron chi connectivity index (χ1n) is 8.47. The lowest BCUT2D eigenvalue weighted by Crippen LogP contribution is -2.31. The number of ether oxygens (including phenoxy) is 1. The quantitative estimate of drug-likeness (QED) is 0.784. The van der Waals surface area contributed by atoms with Gasteiger partial charge in [-0.15, -0.1) is 0 Å². The third-order valence-corrected chi connectivity index (χ3v) is 4.59. The number of halogens is 1. The van der Waals surface area contributed by atoms with Gasteiger partial charge in [-0.1, -0.05) is 31.2 Å². The van der Waals surface area contributed by atoms with Crippen molar-refractivity contribution >= 4 is 16.8 Å². The predicted octanol–water partition coefficient (Wildman–Crippen LogP) is 3.88. The fourth-order valence-electron chi connectivity index (χ4n) is 3.32. The number of nitrogens with one attached hydrogen (secondary N) is 1. The van der Waals surface area contributed by atoms with Gasteiger partial charge in [-0.25, -0.2) is 4.39 Å². The maximum absolute atomic E-state index is 13.3. The number of hydrogen-bond acceptors (Lipinski definition) is 2. The zero-order valence-electron chi connectivity index (χ0n) is 14.0. The van der Waals surface area contributed by atoms with E-state index >= 15 is 0 Å². The summed E-state index contributed by atoms with van der Waals surface area (Å²) in [6.07, 6.45) is 0.929. The van der Waals surface area contributed by atoms with Crippen LogP contribution in [0.1, 0.15) is 29.4 Å². The maximum atomic E-state index is 13.3. The molecule has 0 radical (unpaired) electrons. The predicted molar refractivity (Wildman–Crippen MR) is 94.2 cm³/mol. The topological polar surface area (TPSA) is 43.3 Å². The lowest BCUT2D eigenvalue weighted by molar-refractivity contribution is 0.0935. The Morgan fingerprint density at radius 1 is 1.28 bits per heavy atom. The standard InChI is InChI=1S/C20H19FN2O2/c1-2-16-12-23-17(10-14-6-4-8-18(25-16)19(14)23)20(24)22-11-13-5-3-7-15(21)9-13/h3-10,16H,2,11-12H2,1H3,(H,22,24)/t16-/m0/s1. The van der Waals surface area contributed by atoms with Gasteiger partial charge in [-0.05, 0) is 36.2 Å². The maximum Gasteiger partial charge on any atom is 0.268 e. The van der Waals surface area contributed by atoms with Crippen molar-refractivity contribution < 1.29 is 13.9 Å². The second-order valence-corrected chi connectivity index (χ2v) is 6.29. The third-order valence-electron chi connectivity index (χ3n) is 4.59. The molecule has 0 unspecified atom stereocenters. The van der Waals surface area contributed by atoms with Crippen LogP contribution < -0.4 is 10.1 Å². The van der Waals surface area contributed by atoms with E-state index in [0.29, 0.717) is 18.8 Å². The fraction of sp³-hybridized carbons (Fsp3) is 0.250. The smallest absolute Gasteiger partial charge is 0.268 e. The van der Waals surface area contributed by atoms with E-state index in [2.05, 4.69) is 12.2 Å². The molecule has 1 aromatic heterocycles. The first-order chi connectivity index (χ1) is 12.2. The molecule has 0 saturated heterocycles. The monoisotopic (exact) mass is 338 g/mol. The number of amides is 1. The normalized spacial score (nSPS) is 15.8. The van der Waals surface area contributed by atoms with E-state index in [1.165, 1.54) is 12.1 Å². The number of para-hydroxylation sites is 1. The molecule has 2 aromatic carbocycles. The Bertz CT molecular complexity index is 948. The van der Waals surface area contributed by atoms with Gasteiger partial charge in [0.25, 0.3) is 5.91 Å². The summed E-state index contributed by atoms with van der Waals surface area (Å²) in [7, 11) is 0. The molecule has 0 spiro atoms. The van der Waals surface area contributed by atoms with Crippen LogP contribution in [-0.2, 0) is 13.1 Å². The second kappa shape index (κ2) is 6.24. The van der Waals surface area contributed by atoms with Crippen molar-refractivity contribution in [1.82, 2.24) is 9.88 Å². The molecule has 4 nitrogen and oxygen atoms in total. The van der Waals surface area contributed by atoms with E-state index in [9.17, 15) is 9.18 Å². The van der Waals surface area contributed by atoms with Crippen molar-refractivity contribution in [2.24, 2.45) is 0 Å². The molecule has 0 saturated carbocycles. The summed E-state index contributed by atoms with van der Waals surface area (Å²) in [4.78, 5) is 12.7. The largest absolute Gasteiger partial charge is 0.486 e. The van der Waals surface area contributed by atoms with Crippen molar-refractivity contribution in [3.8, 4) is 5.75 Å². The fourth-order valence-corrected chi connectivity index (χ4v) is 3.32. The van der Waals surface area contributed by atoms with Gasteiger partial charge in [0.2, 0.25) is 0 Å². The SMILES string of the molecule is CC[C@H]1Cn2c(C(=O)NCc3cccc(F)c3)cc3cccc(c32)O1. The molecule has 128 valence electrons. The molecule has 1 aliphatic heterocycles. The molecular formula is C20H19FN2O2. The van der Waals surface area contributed by atoms with Gasteiger partial charge >= 0.3 is 0 Å². The van der Waals surface area contributed by atoms with Crippen LogP contribution in [0.2, 0.25) is 0 Å². The Hall–Kier alpha value is -2.82. The molecule has 2 heterocycles. The molecule has 0 bridgehead atoms. The van der Waals surface area contributed by atoms with E-state index in [1.807, 2.05) is 28.8 Å². The highest BCUT2D eigenvalue weighted by Crippen LogP contribution is 2.34. The molecule has 25 heavy (non-hydrogen) atoms. The van der Waals surface area contributed by atoms with E-state index < -0.39 is 0 Å². The lowest BCUT2D eigenvalue weighted by atomic mass is 10.2. The molecule has 3 aromatic rings. The molecule has 1 amide bonds. The Morgan fingerprint density at radius 3 is 2.92 bits per heavy atom. The van der Waals surface area contributed by atoms with Crippen molar-refractivity contribution in [3.05, 3.63) is 65.6 Å². The van der Waals surface area contributed by atoms with Crippen molar-refractivity contribution in [1.29, 1.82) is 0 Å². The van der Waals surface area contributed by atoms with E-state index in [4.69, 9.17) is 4.74 Å². The molecule has 1 N–H and O–H groups in total. The number of benzene rings is 2. The number of carbonyl (C=O) groups is 1. The molecule has 0 fully saturated rings. The van der Waals surface area contributed by atoms with Gasteiger partial charge in [0.15, 0.2) is 0 Å². The number of hydrogen-bond donors (Lipinski definition) is 1. The van der Waals surface area contributed by atoms with E-state index in [0.717, 1.165) is 28.6 Å². The van der Waals surface area contributed by atoms with Crippen molar-refractivity contribution in [2.45, 2.75) is 32.5 Å². The van der Waals surface area contributed by atoms with Crippen LogP contribution in [0.4, 0.5) is 4.39 Å². The summed E-state index contributed by atoms with van der Waals surface area (Å²) in [6.45, 7) is 3.02. The van der Waals surface area contributed by atoms with Gasteiger partial charge < -0.3 is 14.6 Å². The average Bonchev–Trinajstić information content (AvgIpc) is 3.00. The Labute approximate surface area is 145 Å². The van der Waals surface area contributed by atoms with Crippen LogP contribution in [0.3, 0.4) is 0 Å². The molecule has 1 atom stereocenters. The van der Waals surface area contributed by atoms with Crippen molar-refractivity contribution in [3.63, 3.8) is 0 Å². The van der Waals surface area contributed by atoms with Gasteiger partial charge in [-0.2, -0.15) is 0 Å². The molecule has 5 heteroatoms. The average molecular weight is 338 g/mol. The first kappa shape index (κ1) is 15.7. The first-order valence-corrected chi connectivity index (χ1v) is 8.47. The van der Waals surface area contributed by atoms with Crippen LogP contribution >= 0.6 is 0 Å². The van der Waals surface area contributed by atoms with E-state index in [-0.39, 0.29) is 17.8 Å². The molecule has 4 rings (SSSR count). The number of rotatable bonds is 4. The highest BCUT2D eigenvalue weighted by atomic mass is 19.1. The number of nitrogens with zero attached hydrogens (tertiary/aromatic N) is 1. The summed E-state index contributed by atoms with van der Waals surface area (Å²) in [5.74, 6) is 0.353. The van der Waals surface area contributed by atoms with Crippen LogP contribution in [0.25, 0.3) is 10.9 Å². The highest BCUT2D eigenvalue weighted by molar-refractivity contribution is 6.00. The Kier molecular flexibility index (Phi) is 3.92. The summed E-state index contributed by atoms with van der Waals surface area (Å²) in [6, 6.07) is 14.0. The highest BCUT2D eigenvalue weighted by Gasteiger charge is 2.25. The van der Waals surface area contributed by atoms with Crippen LogP contribution in [0.15, 0.2) is 48.5 Å². The van der Waals surface area contributed by atoms with Crippen molar-refractivity contribution in [2.75, 3.05) is 0 Å². The molecule has 0 aliphatic carbocycles. The number of aromatic nitrogens is 1. The summed E-state index contributed by atoms with van der Waals surface area (Å²) in [5.41, 5.74) is 2.31. The minimum atomic E-state index is -0.303. The third kappa shape index (κ3) is 2.86. The minimum Gasteiger partial charge on any atom is -0.486 e. The Morgan fingerprint density at radius 2 is 2.12 bits per heavy atom. The summed E-state index contributed by atoms with van der Waals surface area (Å²) in [5, 5.41) is 3.88. The van der Waals surface area contributed by atoms with Gasteiger partial charge in [0.1, 0.15) is 23.4 Å². The van der Waals surface area contributed by atoms with Gasteiger partial charge in [0, 0.05) is 11.9 Å².